The molecule has 2 aromatic rings. The number of halogens is 6. The van der Waals surface area contributed by atoms with E-state index in [1.807, 2.05) is 0 Å². The van der Waals surface area contributed by atoms with E-state index in [4.69, 9.17) is 0 Å². The molecule has 0 spiro atoms. The van der Waals surface area contributed by atoms with Crippen LogP contribution >= 0.6 is 0 Å². The number of hydrogen-bond acceptors (Lipinski definition) is 1. The molecule has 0 bridgehead atoms. The monoisotopic (exact) mass is 294 g/mol. The van der Waals surface area contributed by atoms with E-state index in [0.717, 1.165) is 10.9 Å². The number of benzene rings is 1. The zero-order valence-corrected chi connectivity index (χ0v) is 10.0. The normalized spacial score (nSPS) is 12.8. The molecule has 0 N–H and O–H groups in total. The molecular weight excluding hydrogens is 286 g/mol. The lowest BCUT2D eigenvalue weighted by Crippen LogP contribution is -2.13. The van der Waals surface area contributed by atoms with Gasteiger partial charge in [-0.3, -0.25) is 0 Å². The van der Waals surface area contributed by atoms with Crippen molar-refractivity contribution in [1.82, 2.24) is 9.55 Å². The van der Waals surface area contributed by atoms with Gasteiger partial charge in [0, 0.05) is 6.20 Å². The van der Waals surface area contributed by atoms with Crippen LogP contribution in [0.4, 0.5) is 26.3 Å². The summed E-state index contributed by atoms with van der Waals surface area (Å²) in [5.41, 5.74) is -2.50. The average molecular weight is 294 g/mol. The number of nitrogens with zero attached hydrogens (tertiary/aromatic N) is 2. The van der Waals surface area contributed by atoms with Crippen molar-refractivity contribution >= 4 is 0 Å². The van der Waals surface area contributed by atoms with Gasteiger partial charge in [-0.2, -0.15) is 26.3 Å². The molecule has 1 aromatic heterocycles. The van der Waals surface area contributed by atoms with Gasteiger partial charge in [0.15, 0.2) is 0 Å². The Morgan fingerprint density at radius 2 is 1.65 bits per heavy atom. The third kappa shape index (κ3) is 2.78. The Kier molecular flexibility index (Phi) is 3.27. The lowest BCUT2D eigenvalue weighted by atomic mass is 10.1. The summed E-state index contributed by atoms with van der Waals surface area (Å²) >= 11 is 0. The van der Waals surface area contributed by atoms with Crippen molar-refractivity contribution in [3.05, 3.63) is 47.5 Å². The molecule has 108 valence electrons. The summed E-state index contributed by atoms with van der Waals surface area (Å²) in [6, 6.07) is 1.30. The summed E-state index contributed by atoms with van der Waals surface area (Å²) in [7, 11) is 0. The molecule has 0 saturated carbocycles. The van der Waals surface area contributed by atoms with Gasteiger partial charge in [-0.15, -0.1) is 0 Å². The van der Waals surface area contributed by atoms with Crippen LogP contribution in [0.2, 0.25) is 0 Å². The number of alkyl halides is 6. The summed E-state index contributed by atoms with van der Waals surface area (Å²) in [5.74, 6) is 0. The molecule has 0 fully saturated rings. The third-order valence-electron chi connectivity index (χ3n) is 2.62. The second-order valence-electron chi connectivity index (χ2n) is 4.15. The van der Waals surface area contributed by atoms with Crippen molar-refractivity contribution in [1.29, 1.82) is 0 Å². The summed E-state index contributed by atoms with van der Waals surface area (Å²) < 4.78 is 77.3. The summed E-state index contributed by atoms with van der Waals surface area (Å²) in [4.78, 5) is 3.72. The van der Waals surface area contributed by atoms with Crippen LogP contribution in [-0.2, 0) is 12.4 Å². The van der Waals surface area contributed by atoms with E-state index >= 15 is 0 Å². The van der Waals surface area contributed by atoms with Gasteiger partial charge in [0.05, 0.1) is 28.8 Å². The number of aryl methyl sites for hydroxylation is 1. The largest absolute Gasteiger partial charge is 0.418 e. The Balaban J connectivity index is 2.66. The predicted molar refractivity (Wildman–Crippen MR) is 58.3 cm³/mol. The van der Waals surface area contributed by atoms with Crippen LogP contribution in [0.1, 0.15) is 16.8 Å². The van der Waals surface area contributed by atoms with Crippen molar-refractivity contribution in [3.8, 4) is 5.69 Å². The molecule has 0 radical (unpaired) electrons. The van der Waals surface area contributed by atoms with Crippen molar-refractivity contribution in [2.75, 3.05) is 0 Å². The van der Waals surface area contributed by atoms with Gasteiger partial charge in [0.2, 0.25) is 0 Å². The Morgan fingerprint density at radius 1 is 1.00 bits per heavy atom. The summed E-state index contributed by atoms with van der Waals surface area (Å²) in [5, 5.41) is 0. The third-order valence-corrected chi connectivity index (χ3v) is 2.62. The van der Waals surface area contributed by atoms with Gasteiger partial charge < -0.3 is 4.57 Å². The molecule has 1 aromatic carbocycles. The van der Waals surface area contributed by atoms with Gasteiger partial charge >= 0.3 is 12.4 Å². The molecule has 0 aliphatic heterocycles. The zero-order chi connectivity index (χ0) is 15.1. The van der Waals surface area contributed by atoms with Crippen LogP contribution in [-0.4, -0.2) is 9.55 Å². The highest BCUT2D eigenvalue weighted by atomic mass is 19.4. The molecule has 8 heteroatoms. The van der Waals surface area contributed by atoms with E-state index in [2.05, 4.69) is 4.98 Å². The van der Waals surface area contributed by atoms with Gasteiger partial charge in [0.25, 0.3) is 0 Å². The minimum Gasteiger partial charge on any atom is -0.305 e. The van der Waals surface area contributed by atoms with Crippen molar-refractivity contribution < 1.29 is 26.3 Å². The maximum atomic E-state index is 12.9. The van der Waals surface area contributed by atoms with Crippen LogP contribution in [0.5, 0.6) is 0 Å². The molecule has 0 amide bonds. The first-order valence-corrected chi connectivity index (χ1v) is 5.38. The van der Waals surface area contributed by atoms with E-state index in [1.54, 1.807) is 0 Å². The van der Waals surface area contributed by atoms with Crippen LogP contribution in [0.15, 0.2) is 30.7 Å². The van der Waals surface area contributed by atoms with E-state index in [1.165, 1.54) is 13.1 Å². The minimum absolute atomic E-state index is 0.399. The number of hydrogen-bond donors (Lipinski definition) is 0. The molecule has 0 aliphatic rings. The SMILES string of the molecule is Cc1cn(-c2cc(C(F)(F)F)ccc2C(F)(F)F)cn1. The van der Waals surface area contributed by atoms with Gasteiger partial charge in [-0.25, -0.2) is 4.98 Å². The highest BCUT2D eigenvalue weighted by Crippen LogP contribution is 2.38. The number of imidazole rings is 1. The first kappa shape index (κ1) is 14.4. The first-order valence-electron chi connectivity index (χ1n) is 5.38. The molecule has 0 aliphatic carbocycles. The fourth-order valence-corrected chi connectivity index (χ4v) is 1.71. The summed E-state index contributed by atoms with van der Waals surface area (Å²) in [6.45, 7) is 1.53. The van der Waals surface area contributed by atoms with Crippen molar-refractivity contribution in [2.45, 2.75) is 19.3 Å². The van der Waals surface area contributed by atoms with Crippen molar-refractivity contribution in [2.24, 2.45) is 0 Å². The second-order valence-corrected chi connectivity index (χ2v) is 4.15. The maximum absolute atomic E-state index is 12.9. The van der Waals surface area contributed by atoms with Crippen LogP contribution in [0.3, 0.4) is 0 Å². The lowest BCUT2D eigenvalue weighted by molar-refractivity contribution is -0.141. The second kappa shape index (κ2) is 4.53. The van der Waals surface area contributed by atoms with Crippen molar-refractivity contribution in [3.63, 3.8) is 0 Å². The fraction of sp³-hybridized carbons (Fsp3) is 0.250. The molecule has 0 saturated heterocycles. The fourth-order valence-electron chi connectivity index (χ4n) is 1.71. The van der Waals surface area contributed by atoms with Gasteiger partial charge in [0.1, 0.15) is 0 Å². The Bertz CT molecular complexity index is 624. The predicted octanol–water partition coefficient (Wildman–Crippen LogP) is 4.22. The molecule has 2 nitrogen and oxygen atoms in total. The summed E-state index contributed by atoms with van der Waals surface area (Å²) in [6.07, 6.45) is -7.20. The van der Waals surface area contributed by atoms with E-state index in [0.29, 0.717) is 23.9 Å². The van der Waals surface area contributed by atoms with Crippen LogP contribution in [0.25, 0.3) is 5.69 Å². The molecule has 2 rings (SSSR count). The van der Waals surface area contributed by atoms with Crippen LogP contribution in [0, 0.1) is 6.92 Å². The number of aromatic nitrogens is 2. The zero-order valence-electron chi connectivity index (χ0n) is 10.0. The topological polar surface area (TPSA) is 17.8 Å². The quantitative estimate of drug-likeness (QED) is 0.720. The van der Waals surface area contributed by atoms with E-state index in [-0.39, 0.29) is 0 Å². The van der Waals surface area contributed by atoms with Gasteiger partial charge in [-0.05, 0) is 25.1 Å². The molecule has 0 atom stereocenters. The standard InChI is InChI=1S/C12H8F6N2/c1-7-5-20(6-19-7)10-4-8(11(13,14)15)2-3-9(10)12(16,17)18/h2-6H,1H3. The Hall–Kier alpha value is -1.99. The maximum Gasteiger partial charge on any atom is 0.418 e. The molecular formula is C12H8F6N2. The Labute approximate surface area is 109 Å². The minimum atomic E-state index is -4.75. The Morgan fingerprint density at radius 3 is 2.10 bits per heavy atom. The van der Waals surface area contributed by atoms with E-state index < -0.39 is 29.2 Å². The molecule has 1 heterocycles. The van der Waals surface area contributed by atoms with E-state index in [9.17, 15) is 26.3 Å². The highest BCUT2D eigenvalue weighted by Gasteiger charge is 2.37. The smallest absolute Gasteiger partial charge is 0.305 e. The molecule has 20 heavy (non-hydrogen) atoms. The first-order chi connectivity index (χ1) is 9.09. The molecule has 0 unspecified atom stereocenters. The van der Waals surface area contributed by atoms with Gasteiger partial charge in [-0.1, -0.05) is 0 Å². The highest BCUT2D eigenvalue weighted by molar-refractivity contribution is 5.46. The number of rotatable bonds is 1. The average Bonchev–Trinajstić information content (AvgIpc) is 2.72. The van der Waals surface area contributed by atoms with Crippen LogP contribution < -0.4 is 0 Å². The lowest BCUT2D eigenvalue weighted by Gasteiger charge is -2.16.